The molecule has 114 valence electrons. The van der Waals surface area contributed by atoms with Crippen LogP contribution < -0.4 is 5.32 Å². The molecule has 4 nitrogen and oxygen atoms in total. The summed E-state index contributed by atoms with van der Waals surface area (Å²) in [7, 11) is 1.99. The fraction of sp³-hybridized carbons (Fsp3) is 0.500. The third-order valence-electron chi connectivity index (χ3n) is 3.78. The van der Waals surface area contributed by atoms with Gasteiger partial charge in [0, 0.05) is 30.9 Å². The first kappa shape index (κ1) is 16.2. The van der Waals surface area contributed by atoms with Crippen LogP contribution >= 0.6 is 15.9 Å². The molecule has 0 aromatic carbocycles. The quantitative estimate of drug-likeness (QED) is 0.867. The van der Waals surface area contributed by atoms with Crippen LogP contribution in [-0.4, -0.2) is 21.8 Å². The lowest BCUT2D eigenvalue weighted by atomic mass is 10.0. The van der Waals surface area contributed by atoms with Crippen molar-refractivity contribution in [3.8, 4) is 0 Å². The minimum absolute atomic E-state index is 0.237. The van der Waals surface area contributed by atoms with Crippen molar-refractivity contribution in [3.05, 3.63) is 45.4 Å². The molecule has 0 saturated heterocycles. The molecule has 0 aliphatic rings. The molecule has 0 radical (unpaired) electrons. The summed E-state index contributed by atoms with van der Waals surface area (Å²) < 4.78 is 3.24. The van der Waals surface area contributed by atoms with Crippen molar-refractivity contribution in [2.45, 2.75) is 46.2 Å². The Morgan fingerprint density at radius 1 is 1.33 bits per heavy atom. The normalized spacial score (nSPS) is 12.6. The van der Waals surface area contributed by atoms with Gasteiger partial charge in [0.2, 0.25) is 0 Å². The Kier molecular flexibility index (Phi) is 5.53. The van der Waals surface area contributed by atoms with Gasteiger partial charge in [0.1, 0.15) is 0 Å². The number of nitrogens with one attached hydrogen (secondary N) is 1. The Morgan fingerprint density at radius 3 is 2.62 bits per heavy atom. The number of aromatic nitrogens is 3. The third-order valence-corrected chi connectivity index (χ3v) is 4.69. The molecule has 0 aliphatic heterocycles. The molecule has 1 N–H and O–H groups in total. The summed E-state index contributed by atoms with van der Waals surface area (Å²) in [4.78, 5) is 4.40. The Bertz CT molecular complexity index is 589. The van der Waals surface area contributed by atoms with E-state index in [-0.39, 0.29) is 6.04 Å². The van der Waals surface area contributed by atoms with Crippen molar-refractivity contribution >= 4 is 15.9 Å². The average molecular weight is 351 g/mol. The summed E-state index contributed by atoms with van der Waals surface area (Å²) >= 11 is 3.72. The number of pyridine rings is 1. The summed E-state index contributed by atoms with van der Waals surface area (Å²) in [6.07, 6.45) is 3.79. The standard InChI is InChI=1S/C16H23BrN4/c1-5-13-16(17)15(21(6-2)20-13)9-14(18-4)12-8-7-11(3)19-10-12/h7-8,10,14,18H,5-6,9H2,1-4H3. The molecule has 2 aromatic rings. The maximum Gasteiger partial charge on any atom is 0.0766 e. The minimum atomic E-state index is 0.237. The van der Waals surface area contributed by atoms with E-state index in [1.54, 1.807) is 0 Å². The van der Waals surface area contributed by atoms with Gasteiger partial charge in [-0.15, -0.1) is 0 Å². The first-order valence-electron chi connectivity index (χ1n) is 7.44. The van der Waals surface area contributed by atoms with E-state index in [1.807, 2.05) is 20.2 Å². The molecule has 0 saturated carbocycles. The summed E-state index contributed by atoms with van der Waals surface area (Å²) in [6, 6.07) is 4.44. The second-order valence-corrected chi connectivity index (χ2v) is 5.95. The topological polar surface area (TPSA) is 42.7 Å². The van der Waals surface area contributed by atoms with Gasteiger partial charge in [0.15, 0.2) is 0 Å². The second-order valence-electron chi connectivity index (χ2n) is 5.15. The maximum absolute atomic E-state index is 4.67. The molecule has 5 heteroatoms. The first-order valence-corrected chi connectivity index (χ1v) is 8.23. The van der Waals surface area contributed by atoms with Gasteiger partial charge in [-0.2, -0.15) is 5.10 Å². The number of rotatable bonds is 6. The largest absolute Gasteiger partial charge is 0.313 e. The Labute approximate surface area is 135 Å². The summed E-state index contributed by atoms with van der Waals surface area (Å²) in [5.41, 5.74) is 4.62. The number of likely N-dealkylation sites (N-methyl/N-ethyl adjacent to an activating group) is 1. The van der Waals surface area contributed by atoms with E-state index in [9.17, 15) is 0 Å². The van der Waals surface area contributed by atoms with Crippen molar-refractivity contribution in [1.29, 1.82) is 0 Å². The van der Waals surface area contributed by atoms with Crippen molar-refractivity contribution in [2.24, 2.45) is 0 Å². The van der Waals surface area contributed by atoms with Crippen molar-refractivity contribution in [2.75, 3.05) is 7.05 Å². The molecule has 2 heterocycles. The predicted octanol–water partition coefficient (Wildman–Crippen LogP) is 3.43. The fourth-order valence-electron chi connectivity index (χ4n) is 2.48. The molecular formula is C16H23BrN4. The molecule has 2 aromatic heterocycles. The second kappa shape index (κ2) is 7.18. The Balaban J connectivity index is 2.30. The number of nitrogens with zero attached hydrogens (tertiary/aromatic N) is 3. The van der Waals surface area contributed by atoms with Gasteiger partial charge >= 0.3 is 0 Å². The van der Waals surface area contributed by atoms with E-state index in [0.717, 1.165) is 35.2 Å². The monoisotopic (exact) mass is 350 g/mol. The van der Waals surface area contributed by atoms with Gasteiger partial charge in [-0.1, -0.05) is 13.0 Å². The first-order chi connectivity index (χ1) is 10.1. The highest BCUT2D eigenvalue weighted by Crippen LogP contribution is 2.27. The van der Waals surface area contributed by atoms with E-state index >= 15 is 0 Å². The summed E-state index contributed by atoms with van der Waals surface area (Å²) in [5, 5.41) is 8.06. The molecule has 2 rings (SSSR count). The Hall–Kier alpha value is -1.20. The molecule has 1 atom stereocenters. The van der Waals surface area contributed by atoms with Crippen molar-refractivity contribution in [1.82, 2.24) is 20.1 Å². The van der Waals surface area contributed by atoms with Crippen LogP contribution in [0.3, 0.4) is 0 Å². The van der Waals surface area contributed by atoms with Gasteiger partial charge in [0.05, 0.1) is 15.9 Å². The molecule has 0 spiro atoms. The summed E-state index contributed by atoms with van der Waals surface area (Å²) in [5.74, 6) is 0. The minimum Gasteiger partial charge on any atom is -0.313 e. The molecule has 0 aliphatic carbocycles. The zero-order valence-corrected chi connectivity index (χ0v) is 14.7. The SMILES string of the molecule is CCc1nn(CC)c(CC(NC)c2ccc(C)nc2)c1Br. The fourth-order valence-corrected chi connectivity index (χ4v) is 3.20. The van der Waals surface area contributed by atoms with Crippen LogP contribution in [0.1, 0.15) is 42.5 Å². The van der Waals surface area contributed by atoms with Crippen molar-refractivity contribution in [3.63, 3.8) is 0 Å². The molecule has 0 amide bonds. The third kappa shape index (κ3) is 3.52. The van der Waals surface area contributed by atoms with E-state index in [1.165, 1.54) is 11.3 Å². The van der Waals surface area contributed by atoms with Crippen LogP contribution in [0.4, 0.5) is 0 Å². The highest BCUT2D eigenvalue weighted by Gasteiger charge is 2.19. The van der Waals surface area contributed by atoms with E-state index in [0.29, 0.717) is 0 Å². The van der Waals surface area contributed by atoms with Gasteiger partial charge in [0.25, 0.3) is 0 Å². The Morgan fingerprint density at radius 2 is 2.10 bits per heavy atom. The highest BCUT2D eigenvalue weighted by atomic mass is 79.9. The lowest BCUT2D eigenvalue weighted by Crippen LogP contribution is -2.21. The van der Waals surface area contributed by atoms with Crippen LogP contribution in [0.5, 0.6) is 0 Å². The average Bonchev–Trinajstić information content (AvgIpc) is 2.81. The van der Waals surface area contributed by atoms with Gasteiger partial charge < -0.3 is 5.32 Å². The van der Waals surface area contributed by atoms with Gasteiger partial charge in [-0.25, -0.2) is 0 Å². The van der Waals surface area contributed by atoms with Crippen LogP contribution in [0.15, 0.2) is 22.8 Å². The number of hydrogen-bond donors (Lipinski definition) is 1. The lowest BCUT2D eigenvalue weighted by Gasteiger charge is -2.17. The van der Waals surface area contributed by atoms with Crippen LogP contribution in [0.25, 0.3) is 0 Å². The maximum atomic E-state index is 4.67. The number of hydrogen-bond acceptors (Lipinski definition) is 3. The summed E-state index contributed by atoms with van der Waals surface area (Å²) in [6.45, 7) is 7.16. The molecule has 1 unspecified atom stereocenters. The van der Waals surface area contributed by atoms with Crippen LogP contribution in [-0.2, 0) is 19.4 Å². The lowest BCUT2D eigenvalue weighted by molar-refractivity contribution is 0.538. The predicted molar refractivity (Wildman–Crippen MR) is 89.5 cm³/mol. The zero-order valence-electron chi connectivity index (χ0n) is 13.2. The van der Waals surface area contributed by atoms with Crippen molar-refractivity contribution < 1.29 is 0 Å². The van der Waals surface area contributed by atoms with E-state index in [2.05, 4.69) is 62.0 Å². The highest BCUT2D eigenvalue weighted by molar-refractivity contribution is 9.10. The van der Waals surface area contributed by atoms with Crippen LogP contribution in [0.2, 0.25) is 0 Å². The molecule has 21 heavy (non-hydrogen) atoms. The smallest absolute Gasteiger partial charge is 0.0766 e. The number of halogens is 1. The zero-order chi connectivity index (χ0) is 15.4. The molecule has 0 bridgehead atoms. The van der Waals surface area contributed by atoms with Gasteiger partial charge in [-0.3, -0.25) is 9.67 Å². The van der Waals surface area contributed by atoms with E-state index in [4.69, 9.17) is 0 Å². The molecule has 0 fully saturated rings. The van der Waals surface area contributed by atoms with Crippen LogP contribution in [0, 0.1) is 6.92 Å². The van der Waals surface area contributed by atoms with Gasteiger partial charge in [-0.05, 0) is 54.9 Å². The number of aryl methyl sites for hydroxylation is 3. The molecular weight excluding hydrogens is 328 g/mol. The van der Waals surface area contributed by atoms with E-state index < -0.39 is 0 Å².